The van der Waals surface area contributed by atoms with Crippen LogP contribution in [0.2, 0.25) is 5.15 Å². The lowest BCUT2D eigenvalue weighted by molar-refractivity contribution is -0.119. The average Bonchev–Trinajstić information content (AvgIpc) is 3.03. The van der Waals surface area contributed by atoms with Crippen LogP contribution in [0.25, 0.3) is 0 Å². The van der Waals surface area contributed by atoms with Crippen molar-refractivity contribution in [2.45, 2.75) is 76.3 Å². The summed E-state index contributed by atoms with van der Waals surface area (Å²) >= 11 is 5.81. The zero-order chi connectivity index (χ0) is 34.1. The van der Waals surface area contributed by atoms with Gasteiger partial charge in [0.1, 0.15) is 24.6 Å². The molecule has 0 bridgehead atoms. The number of aromatic nitrogens is 2. The molecule has 0 unspecified atom stereocenters. The third-order valence-electron chi connectivity index (χ3n) is 7.24. The molecule has 46 heavy (non-hydrogen) atoms. The van der Waals surface area contributed by atoms with Gasteiger partial charge in [0.15, 0.2) is 41.2 Å². The highest BCUT2D eigenvalue weighted by molar-refractivity contribution is 6.31. The molecule has 258 valence electrons. The number of nitrogens with one attached hydrogen (secondary N) is 1. The van der Waals surface area contributed by atoms with Crippen molar-refractivity contribution in [2.75, 3.05) is 50.9 Å². The zero-order valence-electron chi connectivity index (χ0n) is 26.3. The van der Waals surface area contributed by atoms with Crippen molar-refractivity contribution >= 4 is 35.1 Å². The van der Waals surface area contributed by atoms with E-state index in [1.54, 1.807) is 0 Å². The van der Waals surface area contributed by atoms with Crippen LogP contribution in [0.1, 0.15) is 61.5 Å². The first kappa shape index (κ1) is 38.9. The predicted molar refractivity (Wildman–Crippen MR) is 178 cm³/mol. The molecule has 0 saturated carbocycles. The smallest absolute Gasteiger partial charge is 0.280 e. The van der Waals surface area contributed by atoms with E-state index in [0.29, 0.717) is 32.0 Å². The maximum Gasteiger partial charge on any atom is 0.280 e. The number of nitrogens with zero attached hydrogens (tertiary/aromatic N) is 4. The highest BCUT2D eigenvalue weighted by Gasteiger charge is 2.32. The largest absolute Gasteiger partial charge is 0.492 e. The first-order valence-corrected chi connectivity index (χ1v) is 15.8. The first-order chi connectivity index (χ1) is 22.0. The molecule has 2 aromatic rings. The van der Waals surface area contributed by atoms with Crippen molar-refractivity contribution < 1.29 is 35.1 Å². The van der Waals surface area contributed by atoms with Gasteiger partial charge in [-0.15, -0.1) is 0 Å². The number of benzene rings is 1. The van der Waals surface area contributed by atoms with E-state index in [0.717, 1.165) is 50.5 Å². The number of aliphatic hydroxyl groups is 4. The fraction of sp³-hybridized carbons (Fsp3) is 0.600. The van der Waals surface area contributed by atoms with Gasteiger partial charge in [-0.05, 0) is 49.9 Å². The predicted octanol–water partition coefficient (Wildman–Crippen LogP) is -0.209. The Bertz CT molecular complexity index is 1220. The van der Waals surface area contributed by atoms with E-state index in [1.165, 1.54) is 0 Å². The van der Waals surface area contributed by atoms with Crippen molar-refractivity contribution in [3.05, 3.63) is 40.7 Å². The molecule has 0 fully saturated rings. The normalized spacial score (nSPS) is 14.6. The molecule has 1 heterocycles. The second kappa shape index (κ2) is 20.7. The van der Waals surface area contributed by atoms with Crippen LogP contribution in [-0.4, -0.2) is 116 Å². The Hall–Kier alpha value is -3.31. The Morgan fingerprint density at radius 3 is 2.37 bits per heavy atom. The number of halogens is 1. The van der Waals surface area contributed by atoms with Crippen LogP contribution < -0.4 is 27.3 Å². The number of aliphatic hydroxyl groups excluding tert-OH is 4. The number of nitrogen functional groups attached to an aromatic ring is 2. The second-order valence-corrected chi connectivity index (χ2v) is 11.3. The minimum absolute atomic E-state index is 0.0774. The van der Waals surface area contributed by atoms with Gasteiger partial charge in [0, 0.05) is 19.6 Å². The lowest BCUT2D eigenvalue weighted by Gasteiger charge is -2.30. The standard InChI is InChI=1S/C30H49ClN8O7/c1-2-3-4-7-14-39(17-21(41)24(43)25(44)22(42)18-40)15-16-46-20-11-9-19(10-12-20)8-5-6-13-35-30(34)38-29(45)23-27(32)37-28(33)26(31)36-23/h9-12,21-22,24-25,40-44H,2-8,13-18H2,1H3,(H4,32,33,37)(H3,34,35,38,45)/p+1/t21-,22-,24-,25-/m1/s1. The number of aliphatic imine (C=N–C) groups is 1. The third-order valence-corrected chi connectivity index (χ3v) is 7.52. The summed E-state index contributed by atoms with van der Waals surface area (Å²) in [7, 11) is 0. The summed E-state index contributed by atoms with van der Waals surface area (Å²) in [4.78, 5) is 26.0. The third kappa shape index (κ3) is 13.6. The topological polar surface area (TPSA) is 262 Å². The minimum Gasteiger partial charge on any atom is -0.492 e. The Morgan fingerprint density at radius 1 is 1.00 bits per heavy atom. The summed E-state index contributed by atoms with van der Waals surface area (Å²) in [6.07, 6.45) is 0.652. The van der Waals surface area contributed by atoms with E-state index in [9.17, 15) is 25.2 Å². The number of hydrogen-bond donors (Lipinski definition) is 8. The summed E-state index contributed by atoms with van der Waals surface area (Å²) < 4.78 is 5.92. The molecular weight excluding hydrogens is 620 g/mol. The van der Waals surface area contributed by atoms with Crippen LogP contribution in [0, 0.1) is 0 Å². The molecule has 0 aliphatic carbocycles. The minimum atomic E-state index is -1.60. The summed E-state index contributed by atoms with van der Waals surface area (Å²) in [5, 5.41) is 49.8. The number of guanidine groups is 1. The number of hydrogen-bond acceptors (Lipinski definition) is 12. The van der Waals surface area contributed by atoms with Crippen LogP contribution in [0.5, 0.6) is 5.75 Å². The molecule has 0 aliphatic rings. The first-order valence-electron chi connectivity index (χ1n) is 15.5. The maximum atomic E-state index is 12.3. The summed E-state index contributed by atoms with van der Waals surface area (Å²) in [5.41, 5.74) is 17.9. The van der Waals surface area contributed by atoms with Gasteiger partial charge < -0.3 is 47.5 Å². The van der Waals surface area contributed by atoms with Gasteiger partial charge in [0.05, 0.1) is 6.10 Å². The summed E-state index contributed by atoms with van der Waals surface area (Å²) in [6, 6.07) is 7.75. The molecular formula is C30H50ClN8O7+. The Labute approximate surface area is 274 Å². The van der Waals surface area contributed by atoms with Crippen molar-refractivity contribution in [3.63, 3.8) is 0 Å². The van der Waals surface area contributed by atoms with E-state index in [4.69, 9.17) is 38.6 Å². The van der Waals surface area contributed by atoms with Crippen molar-refractivity contribution in [3.8, 4) is 5.75 Å². The Kier molecular flexibility index (Phi) is 17.5. The Morgan fingerprint density at radius 2 is 1.70 bits per heavy atom. The molecule has 16 heteroatoms. The quantitative estimate of drug-likeness (QED) is 0.0372. The van der Waals surface area contributed by atoms with Crippen molar-refractivity contribution in [1.82, 2.24) is 20.2 Å². The molecule has 1 aromatic heterocycles. The van der Waals surface area contributed by atoms with Crippen LogP contribution in [0.3, 0.4) is 0 Å². The van der Waals surface area contributed by atoms with Gasteiger partial charge in [0.25, 0.3) is 5.91 Å². The molecule has 1 aromatic carbocycles. The van der Waals surface area contributed by atoms with E-state index in [1.807, 2.05) is 29.2 Å². The number of anilines is 2. The van der Waals surface area contributed by atoms with Crippen LogP contribution >= 0.6 is 11.6 Å². The highest BCUT2D eigenvalue weighted by Crippen LogP contribution is 2.17. The molecule has 1 amide bonds. The van der Waals surface area contributed by atoms with Crippen LogP contribution in [0.15, 0.2) is 29.3 Å². The molecule has 0 aliphatic heterocycles. The number of amides is 1. The maximum absolute atomic E-state index is 12.3. The van der Waals surface area contributed by atoms with Gasteiger partial charge >= 0.3 is 0 Å². The number of unbranched alkanes of at least 4 members (excludes halogenated alkanes) is 4. The second-order valence-electron chi connectivity index (χ2n) is 11.0. The lowest BCUT2D eigenvalue weighted by Crippen LogP contribution is -2.50. The van der Waals surface area contributed by atoms with Gasteiger partial charge in [0.2, 0.25) is 0 Å². The fourth-order valence-electron chi connectivity index (χ4n) is 4.51. The molecule has 15 nitrogen and oxygen atoms in total. The van der Waals surface area contributed by atoms with Gasteiger partial charge in [-0.2, -0.15) is 0 Å². The van der Waals surface area contributed by atoms with Gasteiger partial charge in [-0.1, -0.05) is 49.9 Å². The molecule has 0 saturated heterocycles. The molecule has 0 radical (unpaired) electrons. The van der Waals surface area contributed by atoms with E-state index < -0.39 is 36.9 Å². The van der Waals surface area contributed by atoms with E-state index in [-0.39, 0.29) is 35.0 Å². The molecule has 13 N–H and O–H groups in total. The number of carbonyl (C=O) groups is 1. The number of nitrogens with two attached hydrogens (primary N) is 3. The monoisotopic (exact) mass is 669 g/mol. The number of ether oxygens (including phenoxy) is 1. The molecule has 2 rings (SSSR count). The fourth-order valence-corrected chi connectivity index (χ4v) is 4.64. The van der Waals surface area contributed by atoms with Gasteiger partial charge in [-0.3, -0.25) is 20.0 Å². The van der Waals surface area contributed by atoms with E-state index in [2.05, 4.69) is 27.2 Å². The average molecular weight is 670 g/mol. The lowest BCUT2D eigenvalue weighted by atomic mass is 10.0. The number of rotatable bonds is 21. The SMILES string of the molecule is CCCCCCN(CCOc1ccc(CCCCN=C(N)NC(=O)c2nc(Cl)c(N)nc2N)cc1)C[C@@H](O)[C@@H](O)[C@H](O)[C@H](O)C[OH2+]. The van der Waals surface area contributed by atoms with E-state index >= 15 is 0 Å². The molecule has 0 spiro atoms. The zero-order valence-corrected chi connectivity index (χ0v) is 27.1. The Balaban J connectivity index is 1.76. The number of aryl methyl sites for hydroxylation is 1. The summed E-state index contributed by atoms with van der Waals surface area (Å²) in [6.45, 7) is 3.69. The number of carbonyl (C=O) groups excluding carboxylic acids is 1. The molecule has 4 atom stereocenters. The summed E-state index contributed by atoms with van der Waals surface area (Å²) in [5.74, 6) is -0.320. The van der Waals surface area contributed by atoms with Crippen LogP contribution in [0.4, 0.5) is 11.6 Å². The van der Waals surface area contributed by atoms with Crippen LogP contribution in [-0.2, 0) is 6.42 Å². The highest BCUT2D eigenvalue weighted by atomic mass is 35.5. The van der Waals surface area contributed by atoms with Gasteiger partial charge in [-0.25, -0.2) is 9.97 Å². The van der Waals surface area contributed by atoms with Crippen molar-refractivity contribution in [1.29, 1.82) is 0 Å². The van der Waals surface area contributed by atoms with Crippen molar-refractivity contribution in [2.24, 2.45) is 10.7 Å².